The largest absolute Gasteiger partial charge is 0.326 e. The highest BCUT2D eigenvalue weighted by molar-refractivity contribution is 7.89. The van der Waals surface area contributed by atoms with Gasteiger partial charge in [-0.2, -0.15) is 0 Å². The van der Waals surface area contributed by atoms with Crippen LogP contribution in [0.15, 0.2) is 47.6 Å². The molecular weight excluding hydrogens is 274 g/mol. The molecule has 5 nitrogen and oxygen atoms in total. The molecule has 0 bridgehead atoms. The lowest BCUT2D eigenvalue weighted by molar-refractivity contribution is 0.581. The highest BCUT2D eigenvalue weighted by Gasteiger charge is 2.14. The van der Waals surface area contributed by atoms with Crippen molar-refractivity contribution in [3.05, 3.63) is 59.4 Å². The predicted octanol–water partition coefficient (Wildman–Crippen LogP) is 1.33. The van der Waals surface area contributed by atoms with Crippen LogP contribution in [0.1, 0.15) is 16.7 Å². The zero-order valence-corrected chi connectivity index (χ0v) is 12.0. The molecular formula is C14H17N3O2S. The first-order valence-corrected chi connectivity index (χ1v) is 7.69. The number of nitrogens with one attached hydrogen (secondary N) is 1. The van der Waals surface area contributed by atoms with Gasteiger partial charge in [-0.15, -0.1) is 0 Å². The van der Waals surface area contributed by atoms with E-state index in [2.05, 4.69) is 9.71 Å². The molecule has 0 aliphatic rings. The van der Waals surface area contributed by atoms with Gasteiger partial charge in [0.05, 0.1) is 4.90 Å². The summed E-state index contributed by atoms with van der Waals surface area (Å²) >= 11 is 0. The van der Waals surface area contributed by atoms with E-state index in [9.17, 15) is 8.42 Å². The molecule has 0 spiro atoms. The third-order valence-electron chi connectivity index (χ3n) is 3.03. The maximum Gasteiger partial charge on any atom is 0.240 e. The smallest absolute Gasteiger partial charge is 0.240 e. The number of benzene rings is 1. The molecule has 0 fully saturated rings. The lowest BCUT2D eigenvalue weighted by atomic mass is 10.2. The van der Waals surface area contributed by atoms with Crippen molar-refractivity contribution in [1.82, 2.24) is 9.71 Å². The highest BCUT2D eigenvalue weighted by Crippen LogP contribution is 2.12. The maximum absolute atomic E-state index is 12.2. The van der Waals surface area contributed by atoms with Crippen LogP contribution in [0.5, 0.6) is 0 Å². The van der Waals surface area contributed by atoms with Crippen molar-refractivity contribution in [3.8, 4) is 0 Å². The van der Waals surface area contributed by atoms with Gasteiger partial charge in [0.1, 0.15) is 0 Å². The van der Waals surface area contributed by atoms with Gasteiger partial charge in [-0.1, -0.05) is 12.1 Å². The topological polar surface area (TPSA) is 85.1 Å². The summed E-state index contributed by atoms with van der Waals surface area (Å²) in [4.78, 5) is 4.21. The number of aromatic nitrogens is 1. The number of aryl methyl sites for hydroxylation is 1. The van der Waals surface area contributed by atoms with Crippen LogP contribution in [0.2, 0.25) is 0 Å². The Morgan fingerprint density at radius 1 is 1.30 bits per heavy atom. The van der Waals surface area contributed by atoms with E-state index in [1.807, 2.05) is 6.92 Å². The molecule has 2 aromatic rings. The number of pyridine rings is 1. The van der Waals surface area contributed by atoms with E-state index in [0.29, 0.717) is 6.54 Å². The second-order valence-corrected chi connectivity index (χ2v) is 6.25. The molecule has 0 amide bonds. The van der Waals surface area contributed by atoms with Gasteiger partial charge < -0.3 is 5.73 Å². The van der Waals surface area contributed by atoms with Crippen LogP contribution >= 0.6 is 0 Å². The third kappa shape index (κ3) is 3.41. The number of hydrogen-bond acceptors (Lipinski definition) is 4. The second kappa shape index (κ2) is 6.13. The van der Waals surface area contributed by atoms with Gasteiger partial charge in [0.25, 0.3) is 0 Å². The Labute approximate surface area is 118 Å². The van der Waals surface area contributed by atoms with E-state index >= 15 is 0 Å². The summed E-state index contributed by atoms with van der Waals surface area (Å²) in [6.07, 6.45) is 3.35. The maximum atomic E-state index is 12.2. The lowest BCUT2D eigenvalue weighted by Crippen LogP contribution is -2.23. The Bertz CT molecular complexity index is 699. The van der Waals surface area contributed by atoms with Crippen LogP contribution in [0.3, 0.4) is 0 Å². The molecule has 1 heterocycles. The number of rotatable bonds is 5. The standard InChI is InChI=1S/C14H17N3O2S/c1-11-9-16-6-5-13(11)10-17-20(18,19)14-4-2-3-12(7-14)8-15/h2-7,9,17H,8,10,15H2,1H3. The Hall–Kier alpha value is -1.76. The SMILES string of the molecule is Cc1cnccc1CNS(=O)(=O)c1cccc(CN)c1. The van der Waals surface area contributed by atoms with Crippen LogP contribution in [-0.4, -0.2) is 13.4 Å². The first-order chi connectivity index (χ1) is 9.53. The van der Waals surface area contributed by atoms with E-state index in [0.717, 1.165) is 16.7 Å². The van der Waals surface area contributed by atoms with Gasteiger partial charge in [-0.25, -0.2) is 13.1 Å². The minimum absolute atomic E-state index is 0.229. The minimum atomic E-state index is -3.53. The van der Waals surface area contributed by atoms with Crippen LogP contribution in [0, 0.1) is 6.92 Å². The molecule has 3 N–H and O–H groups in total. The fraction of sp³-hybridized carbons (Fsp3) is 0.214. The first kappa shape index (κ1) is 14.6. The number of hydrogen-bond donors (Lipinski definition) is 2. The lowest BCUT2D eigenvalue weighted by Gasteiger charge is -2.09. The van der Waals surface area contributed by atoms with E-state index in [1.54, 1.807) is 42.7 Å². The summed E-state index contributed by atoms with van der Waals surface area (Å²) in [5.41, 5.74) is 8.16. The van der Waals surface area contributed by atoms with Crippen molar-refractivity contribution in [2.75, 3.05) is 0 Å². The highest BCUT2D eigenvalue weighted by atomic mass is 32.2. The summed E-state index contributed by atoms with van der Waals surface area (Å²) in [6.45, 7) is 2.45. The summed E-state index contributed by atoms with van der Waals surface area (Å²) < 4.78 is 27.0. The predicted molar refractivity (Wildman–Crippen MR) is 77.3 cm³/mol. The van der Waals surface area contributed by atoms with E-state index in [-0.39, 0.29) is 11.4 Å². The van der Waals surface area contributed by atoms with Crippen LogP contribution < -0.4 is 10.5 Å². The Kier molecular flexibility index (Phi) is 4.49. The molecule has 1 aromatic carbocycles. The quantitative estimate of drug-likeness (QED) is 0.870. The molecule has 20 heavy (non-hydrogen) atoms. The van der Waals surface area contributed by atoms with Crippen LogP contribution in [0.25, 0.3) is 0 Å². The molecule has 106 valence electrons. The Morgan fingerprint density at radius 2 is 2.10 bits per heavy atom. The van der Waals surface area contributed by atoms with E-state index in [1.165, 1.54) is 0 Å². The van der Waals surface area contributed by atoms with Crippen molar-refractivity contribution in [2.45, 2.75) is 24.9 Å². The summed E-state index contributed by atoms with van der Waals surface area (Å²) in [6, 6.07) is 8.43. The molecule has 2 rings (SSSR count). The third-order valence-corrected chi connectivity index (χ3v) is 4.43. The van der Waals surface area contributed by atoms with Crippen molar-refractivity contribution in [1.29, 1.82) is 0 Å². The summed E-state index contributed by atoms with van der Waals surface area (Å²) in [5.74, 6) is 0. The van der Waals surface area contributed by atoms with E-state index < -0.39 is 10.0 Å². The van der Waals surface area contributed by atoms with Crippen LogP contribution in [-0.2, 0) is 23.1 Å². The van der Waals surface area contributed by atoms with Crippen molar-refractivity contribution < 1.29 is 8.42 Å². The van der Waals surface area contributed by atoms with Crippen LogP contribution in [0.4, 0.5) is 0 Å². The molecule has 1 aromatic heterocycles. The molecule has 0 aliphatic carbocycles. The normalized spacial score (nSPS) is 11.5. The zero-order chi connectivity index (χ0) is 14.6. The van der Waals surface area contributed by atoms with Gasteiger partial charge in [0.2, 0.25) is 10.0 Å². The molecule has 0 radical (unpaired) electrons. The molecule has 0 unspecified atom stereocenters. The number of nitrogens with two attached hydrogens (primary N) is 1. The monoisotopic (exact) mass is 291 g/mol. The average Bonchev–Trinajstić information content (AvgIpc) is 2.46. The van der Waals surface area contributed by atoms with Gasteiger partial charge >= 0.3 is 0 Å². The van der Waals surface area contributed by atoms with Gasteiger partial charge in [-0.05, 0) is 41.8 Å². The molecule has 6 heteroatoms. The fourth-order valence-electron chi connectivity index (χ4n) is 1.80. The van der Waals surface area contributed by atoms with E-state index in [4.69, 9.17) is 5.73 Å². The van der Waals surface area contributed by atoms with Gasteiger partial charge in [0.15, 0.2) is 0 Å². The van der Waals surface area contributed by atoms with Gasteiger partial charge in [0, 0.05) is 25.5 Å². The van der Waals surface area contributed by atoms with Crippen molar-refractivity contribution in [3.63, 3.8) is 0 Å². The Balaban J connectivity index is 2.17. The summed E-state index contributed by atoms with van der Waals surface area (Å²) in [7, 11) is -3.53. The van der Waals surface area contributed by atoms with Gasteiger partial charge in [-0.3, -0.25) is 4.98 Å². The zero-order valence-electron chi connectivity index (χ0n) is 11.2. The average molecular weight is 291 g/mol. The summed E-state index contributed by atoms with van der Waals surface area (Å²) in [5, 5.41) is 0. The molecule has 0 saturated carbocycles. The minimum Gasteiger partial charge on any atom is -0.326 e. The number of nitrogens with zero attached hydrogens (tertiary/aromatic N) is 1. The second-order valence-electron chi connectivity index (χ2n) is 4.48. The molecule has 0 atom stereocenters. The first-order valence-electron chi connectivity index (χ1n) is 6.21. The van der Waals surface area contributed by atoms with Crippen molar-refractivity contribution >= 4 is 10.0 Å². The molecule has 0 aliphatic heterocycles. The number of sulfonamides is 1. The van der Waals surface area contributed by atoms with Crippen molar-refractivity contribution in [2.24, 2.45) is 5.73 Å². The molecule has 0 saturated heterocycles. The Morgan fingerprint density at radius 3 is 2.80 bits per heavy atom. The fourth-order valence-corrected chi connectivity index (χ4v) is 2.87.